The summed E-state index contributed by atoms with van der Waals surface area (Å²) in [7, 11) is 1.58. The van der Waals surface area contributed by atoms with Crippen molar-refractivity contribution >= 4 is 11.9 Å². The average molecular weight is 250 g/mol. The molecule has 18 heavy (non-hydrogen) atoms. The number of ether oxygens (including phenoxy) is 2. The average Bonchev–Trinajstić information content (AvgIpc) is 2.37. The lowest BCUT2D eigenvalue weighted by Gasteiger charge is -2.04. The lowest BCUT2D eigenvalue weighted by Crippen LogP contribution is -2.14. The van der Waals surface area contributed by atoms with Gasteiger partial charge in [0, 0.05) is 6.42 Å². The van der Waals surface area contributed by atoms with Crippen LogP contribution in [0.1, 0.15) is 31.7 Å². The third-order valence-electron chi connectivity index (χ3n) is 2.47. The predicted octanol–water partition coefficient (Wildman–Crippen LogP) is 2.50. The highest BCUT2D eigenvalue weighted by Gasteiger charge is 2.10. The van der Waals surface area contributed by atoms with Crippen molar-refractivity contribution in [1.29, 1.82) is 0 Å². The van der Waals surface area contributed by atoms with Crippen LogP contribution in [0.4, 0.5) is 0 Å². The summed E-state index contributed by atoms with van der Waals surface area (Å²) < 4.78 is 9.72. The van der Waals surface area contributed by atoms with Gasteiger partial charge in [-0.05, 0) is 24.1 Å². The summed E-state index contributed by atoms with van der Waals surface area (Å²) in [4.78, 5) is 22.7. The Labute approximate surface area is 107 Å². The van der Waals surface area contributed by atoms with E-state index in [9.17, 15) is 9.59 Å². The van der Waals surface area contributed by atoms with E-state index < -0.39 is 11.9 Å². The fourth-order valence-corrected chi connectivity index (χ4v) is 1.45. The van der Waals surface area contributed by atoms with Crippen molar-refractivity contribution in [2.24, 2.45) is 0 Å². The summed E-state index contributed by atoms with van der Waals surface area (Å²) in [6.45, 7) is 1.98. The topological polar surface area (TPSA) is 52.6 Å². The zero-order valence-electron chi connectivity index (χ0n) is 10.8. The van der Waals surface area contributed by atoms with Crippen molar-refractivity contribution in [1.82, 2.24) is 0 Å². The van der Waals surface area contributed by atoms with Crippen LogP contribution in [0.3, 0.4) is 0 Å². The maximum absolute atomic E-state index is 11.5. The van der Waals surface area contributed by atoms with Crippen LogP contribution >= 0.6 is 0 Å². The Kier molecular flexibility index (Phi) is 5.91. The molecule has 4 nitrogen and oxygen atoms in total. The first-order chi connectivity index (χ1) is 8.65. The Balaban J connectivity index is 2.41. The highest BCUT2D eigenvalue weighted by molar-refractivity contribution is 5.86. The molecule has 0 aliphatic rings. The van der Waals surface area contributed by atoms with Crippen molar-refractivity contribution in [2.75, 3.05) is 7.11 Å². The van der Waals surface area contributed by atoms with E-state index in [-0.39, 0.29) is 6.42 Å². The molecule has 0 aliphatic heterocycles. The minimum atomic E-state index is -0.513. The van der Waals surface area contributed by atoms with Gasteiger partial charge in [-0.3, -0.25) is 9.59 Å². The van der Waals surface area contributed by atoms with Crippen LogP contribution in [0, 0.1) is 0 Å². The number of hydrogen-bond acceptors (Lipinski definition) is 4. The standard InChI is InChI=1S/C14H18O4/c1-3-4-5-13(15)18-14(16)10-11-6-8-12(17-2)9-7-11/h6-9H,3-5,10H2,1-2H3. The third kappa shape index (κ3) is 4.99. The second-order valence-corrected chi connectivity index (χ2v) is 3.97. The molecule has 0 unspecified atom stereocenters. The molecule has 1 aromatic carbocycles. The first kappa shape index (κ1) is 14.2. The second kappa shape index (κ2) is 7.48. The first-order valence-electron chi connectivity index (χ1n) is 6.02. The Hall–Kier alpha value is -1.84. The molecule has 0 aliphatic carbocycles. The number of unbranched alkanes of at least 4 members (excludes halogenated alkanes) is 1. The maximum atomic E-state index is 11.5. The van der Waals surface area contributed by atoms with Gasteiger partial charge in [0.2, 0.25) is 0 Å². The zero-order valence-corrected chi connectivity index (χ0v) is 10.8. The molecule has 0 N–H and O–H groups in total. The Morgan fingerprint density at radius 3 is 2.33 bits per heavy atom. The van der Waals surface area contributed by atoms with Gasteiger partial charge in [0.25, 0.3) is 0 Å². The summed E-state index contributed by atoms with van der Waals surface area (Å²) in [5.41, 5.74) is 0.795. The van der Waals surface area contributed by atoms with Gasteiger partial charge in [-0.2, -0.15) is 0 Å². The molecule has 0 spiro atoms. The fourth-order valence-electron chi connectivity index (χ4n) is 1.45. The molecule has 98 valence electrons. The van der Waals surface area contributed by atoms with Gasteiger partial charge in [-0.15, -0.1) is 0 Å². The van der Waals surface area contributed by atoms with Gasteiger partial charge in [-0.1, -0.05) is 25.5 Å². The van der Waals surface area contributed by atoms with E-state index in [1.165, 1.54) is 0 Å². The molecule has 0 fully saturated rings. The zero-order chi connectivity index (χ0) is 13.4. The van der Waals surface area contributed by atoms with Crippen LogP contribution in [0.2, 0.25) is 0 Å². The lowest BCUT2D eigenvalue weighted by molar-refractivity contribution is -0.159. The molecule has 0 atom stereocenters. The molecule has 1 rings (SSSR count). The van der Waals surface area contributed by atoms with Crippen molar-refractivity contribution in [3.8, 4) is 5.75 Å². The molecule has 0 heterocycles. The van der Waals surface area contributed by atoms with Gasteiger partial charge in [0.05, 0.1) is 13.5 Å². The van der Waals surface area contributed by atoms with Crippen LogP contribution in [0.15, 0.2) is 24.3 Å². The van der Waals surface area contributed by atoms with Gasteiger partial charge >= 0.3 is 11.9 Å². The molecule has 0 radical (unpaired) electrons. The number of carbonyl (C=O) groups excluding carboxylic acids is 2. The first-order valence-corrected chi connectivity index (χ1v) is 6.02. The number of esters is 2. The van der Waals surface area contributed by atoms with E-state index in [4.69, 9.17) is 9.47 Å². The van der Waals surface area contributed by atoms with E-state index in [2.05, 4.69) is 0 Å². The predicted molar refractivity (Wildman–Crippen MR) is 67.3 cm³/mol. The highest BCUT2D eigenvalue weighted by atomic mass is 16.6. The number of hydrogen-bond donors (Lipinski definition) is 0. The largest absolute Gasteiger partial charge is 0.497 e. The maximum Gasteiger partial charge on any atom is 0.317 e. The van der Waals surface area contributed by atoms with E-state index >= 15 is 0 Å². The number of rotatable bonds is 6. The molecular weight excluding hydrogens is 232 g/mol. The summed E-state index contributed by atoms with van der Waals surface area (Å²) in [5.74, 6) is -0.234. The van der Waals surface area contributed by atoms with Crippen LogP contribution in [0.25, 0.3) is 0 Å². The van der Waals surface area contributed by atoms with Gasteiger partial charge in [-0.25, -0.2) is 0 Å². The summed E-state index contributed by atoms with van der Waals surface area (Å²) in [6.07, 6.45) is 2.04. The molecule has 0 aromatic heterocycles. The molecular formula is C14H18O4. The van der Waals surface area contributed by atoms with Crippen molar-refractivity contribution in [3.63, 3.8) is 0 Å². The highest BCUT2D eigenvalue weighted by Crippen LogP contribution is 2.12. The van der Waals surface area contributed by atoms with E-state index in [0.717, 1.165) is 24.2 Å². The van der Waals surface area contributed by atoms with Crippen molar-refractivity contribution < 1.29 is 19.1 Å². The van der Waals surface area contributed by atoms with Crippen LogP contribution in [0.5, 0.6) is 5.75 Å². The summed E-state index contributed by atoms with van der Waals surface area (Å²) in [6, 6.07) is 7.08. The normalized spacial score (nSPS) is 9.89. The Bertz CT molecular complexity index is 395. The second-order valence-electron chi connectivity index (χ2n) is 3.97. The van der Waals surface area contributed by atoms with E-state index in [1.54, 1.807) is 31.4 Å². The van der Waals surface area contributed by atoms with Crippen LogP contribution < -0.4 is 4.74 Å². The summed E-state index contributed by atoms with van der Waals surface area (Å²) in [5, 5.41) is 0. The van der Waals surface area contributed by atoms with Gasteiger partial charge in [0.1, 0.15) is 5.75 Å². The fraction of sp³-hybridized carbons (Fsp3) is 0.429. The minimum Gasteiger partial charge on any atom is -0.497 e. The van der Waals surface area contributed by atoms with Gasteiger partial charge in [0.15, 0.2) is 0 Å². The SMILES string of the molecule is CCCCC(=O)OC(=O)Cc1ccc(OC)cc1. The minimum absolute atomic E-state index is 0.0991. The molecule has 0 saturated carbocycles. The molecule has 0 bridgehead atoms. The third-order valence-corrected chi connectivity index (χ3v) is 2.47. The Morgan fingerprint density at radius 2 is 1.78 bits per heavy atom. The van der Waals surface area contributed by atoms with Crippen molar-refractivity contribution in [3.05, 3.63) is 29.8 Å². The van der Waals surface area contributed by atoms with Crippen molar-refractivity contribution in [2.45, 2.75) is 32.6 Å². The number of methoxy groups -OCH3 is 1. The molecule has 1 aromatic rings. The monoisotopic (exact) mass is 250 g/mol. The molecule has 4 heteroatoms. The van der Waals surface area contributed by atoms with Crippen LogP contribution in [-0.4, -0.2) is 19.0 Å². The van der Waals surface area contributed by atoms with Crippen LogP contribution in [-0.2, 0) is 20.7 Å². The number of benzene rings is 1. The Morgan fingerprint density at radius 1 is 1.11 bits per heavy atom. The molecule has 0 saturated heterocycles. The molecule has 0 amide bonds. The van der Waals surface area contributed by atoms with Gasteiger partial charge < -0.3 is 9.47 Å². The van der Waals surface area contributed by atoms with E-state index in [0.29, 0.717) is 6.42 Å². The number of carbonyl (C=O) groups is 2. The summed E-state index contributed by atoms with van der Waals surface area (Å²) >= 11 is 0. The smallest absolute Gasteiger partial charge is 0.317 e. The lowest BCUT2D eigenvalue weighted by atomic mass is 10.1. The van der Waals surface area contributed by atoms with E-state index in [1.807, 2.05) is 6.92 Å². The quantitative estimate of drug-likeness (QED) is 0.575.